The van der Waals surface area contributed by atoms with Crippen LogP contribution in [0.3, 0.4) is 0 Å². The number of rotatable bonds is 37. The molecule has 37 heteroatoms. The zero-order chi connectivity index (χ0) is 67.6. The molecule has 2 rings (SSSR count). The predicted molar refractivity (Wildman–Crippen MR) is 307 cm³/mol. The number of aliphatic carboxylic acids is 2. The molecule has 2 aliphatic rings. The smallest absolute Gasteiger partial charge is 0.326 e. The van der Waals surface area contributed by atoms with Crippen molar-refractivity contribution in [3.05, 3.63) is 0 Å². The first-order valence-electron chi connectivity index (χ1n) is 28.8. The minimum Gasteiger partial charge on any atom is -0.481 e. The summed E-state index contributed by atoms with van der Waals surface area (Å²) in [4.78, 5) is 186. The number of aliphatic hydroxyl groups excluding tert-OH is 5. The van der Waals surface area contributed by atoms with E-state index >= 15 is 0 Å². The summed E-state index contributed by atoms with van der Waals surface area (Å²) < 4.78 is 0. The molecular formula is C52H88N16O21. The Kier molecular flexibility index (Phi) is 32.3. The zero-order valence-corrected chi connectivity index (χ0v) is 50.4. The number of nitrogens with two attached hydrogens (primary N) is 2. The van der Waals surface area contributed by atoms with Gasteiger partial charge in [-0.3, -0.25) is 67.7 Å². The van der Waals surface area contributed by atoms with E-state index in [1.165, 1.54) is 18.7 Å². The van der Waals surface area contributed by atoms with E-state index < -0.39 is 213 Å². The number of hydrogen-bond acceptors (Lipinski definition) is 21. The largest absolute Gasteiger partial charge is 0.481 e. The highest BCUT2D eigenvalue weighted by Crippen LogP contribution is 2.22. The van der Waals surface area contributed by atoms with Crippen LogP contribution >= 0.6 is 0 Å². The molecule has 37 nitrogen and oxygen atoms in total. The van der Waals surface area contributed by atoms with E-state index in [2.05, 4.69) is 58.5 Å². The van der Waals surface area contributed by atoms with Crippen LogP contribution in [0.2, 0.25) is 0 Å². The van der Waals surface area contributed by atoms with Crippen molar-refractivity contribution in [2.45, 2.75) is 184 Å². The van der Waals surface area contributed by atoms with Crippen molar-refractivity contribution in [1.82, 2.24) is 68.3 Å². The molecule has 2 fully saturated rings. The van der Waals surface area contributed by atoms with Gasteiger partial charge in [0.25, 0.3) is 0 Å². The normalized spacial score (nSPS) is 18.6. The van der Waals surface area contributed by atoms with Crippen molar-refractivity contribution in [1.29, 1.82) is 5.41 Å². The second-order valence-corrected chi connectivity index (χ2v) is 22.0. The summed E-state index contributed by atoms with van der Waals surface area (Å²) in [5.41, 5.74) is 11.0. The molecular weight excluding hydrogens is 1180 g/mol. The lowest BCUT2D eigenvalue weighted by Crippen LogP contribution is -2.62. The Morgan fingerprint density at radius 3 is 1.42 bits per heavy atom. The Bertz CT molecular complexity index is 2540. The van der Waals surface area contributed by atoms with Crippen molar-refractivity contribution in [3.63, 3.8) is 0 Å². The van der Waals surface area contributed by atoms with Crippen molar-refractivity contribution in [3.8, 4) is 0 Å². The van der Waals surface area contributed by atoms with Gasteiger partial charge in [-0.15, -0.1) is 0 Å². The van der Waals surface area contributed by atoms with Crippen LogP contribution in [0.1, 0.15) is 99.3 Å². The molecule has 23 N–H and O–H groups in total. The molecule has 0 spiro atoms. The summed E-state index contributed by atoms with van der Waals surface area (Å²) in [6, 6.07) is -16.9. The molecule has 2 aliphatic heterocycles. The maximum Gasteiger partial charge on any atom is 0.326 e. The van der Waals surface area contributed by atoms with Crippen LogP contribution < -0.4 is 70.0 Å². The molecule has 14 atom stereocenters. The van der Waals surface area contributed by atoms with Crippen LogP contribution in [0.15, 0.2) is 0 Å². The van der Waals surface area contributed by atoms with E-state index in [-0.39, 0.29) is 64.1 Å². The van der Waals surface area contributed by atoms with Gasteiger partial charge in [0, 0.05) is 26.1 Å². The molecule has 0 aromatic carbocycles. The van der Waals surface area contributed by atoms with Gasteiger partial charge in [-0.25, -0.2) is 4.79 Å². The van der Waals surface area contributed by atoms with Crippen LogP contribution in [0.5, 0.6) is 0 Å². The standard InChI is InChI=1S/C52H88N16O21/c1-23(2)18-30(63-48(85)39(26(5)72)64-41(78)24(3)53)49(86)67-16-8-11-33(67)45(82)61-28(10-7-15-56-52(54)55)43(80)66-40(27(6)73)47(84)62-29(13-14-37(76)77)44(81)65-38(25(4)71)46(83)58-20-35(74)59-31(21-69)42(79)57-19-36(75)60-32(22-70)50(87)68-17-9-12-34(68)51(88)89/h23-34,38-40,69-73H,7-22,53H2,1-6H3,(H,57,79)(H,58,83)(H,59,74)(H,60,75)(H,61,82)(H,62,84)(H,63,85)(H,64,78)(H,65,81)(H,66,80)(H,76,77)(H,88,89)(H4,54,55,56)/t24-,25+,26+,27+,28-,29-,30-,31-,32-,33-,34-,38-,39-,40-/m0/s1. The van der Waals surface area contributed by atoms with Crippen LogP contribution in [-0.4, -0.2) is 265 Å². The van der Waals surface area contributed by atoms with Crippen LogP contribution in [0, 0.1) is 11.3 Å². The number of guanidine groups is 1. The molecule has 0 aromatic heterocycles. The zero-order valence-electron chi connectivity index (χ0n) is 50.4. The van der Waals surface area contributed by atoms with Crippen molar-refractivity contribution >= 4 is 88.8 Å². The van der Waals surface area contributed by atoms with Crippen LogP contribution in [-0.2, 0) is 67.1 Å². The maximum atomic E-state index is 14.2. The Balaban J connectivity index is 2.24. The molecule has 2 heterocycles. The lowest BCUT2D eigenvalue weighted by molar-refractivity contribution is -0.149. The molecule has 0 aromatic rings. The second kappa shape index (κ2) is 37.5. The highest BCUT2D eigenvalue weighted by Gasteiger charge is 2.42. The molecule has 0 unspecified atom stereocenters. The third-order valence-corrected chi connectivity index (χ3v) is 14.0. The second-order valence-electron chi connectivity index (χ2n) is 22.0. The van der Waals surface area contributed by atoms with Gasteiger partial charge in [0.2, 0.25) is 70.9 Å². The number of hydrogen-bond donors (Lipinski definition) is 21. The minimum absolute atomic E-state index is 0.00934. The van der Waals surface area contributed by atoms with E-state index in [1.807, 2.05) is 0 Å². The molecule has 2 saturated heterocycles. The first kappa shape index (κ1) is 76.7. The van der Waals surface area contributed by atoms with Crippen LogP contribution in [0.25, 0.3) is 0 Å². The number of aliphatic hydroxyl groups is 5. The van der Waals surface area contributed by atoms with Gasteiger partial charge >= 0.3 is 11.9 Å². The highest BCUT2D eigenvalue weighted by molar-refractivity contribution is 5.99. The van der Waals surface area contributed by atoms with E-state index in [4.69, 9.17) is 16.9 Å². The predicted octanol–water partition coefficient (Wildman–Crippen LogP) is -10.2. The topological polar surface area (TPSA) is 595 Å². The third-order valence-electron chi connectivity index (χ3n) is 14.0. The fourth-order valence-electron chi connectivity index (χ4n) is 9.26. The number of nitrogens with zero attached hydrogens (tertiary/aromatic N) is 2. The molecule has 0 radical (unpaired) electrons. The maximum absolute atomic E-state index is 14.2. The Hall–Kier alpha value is -8.39. The Morgan fingerprint density at radius 1 is 0.517 bits per heavy atom. The number of carbonyl (C=O) groups is 14. The number of nitrogens with one attached hydrogen (secondary N) is 12. The molecule has 12 amide bonds. The molecule has 0 aliphatic carbocycles. The van der Waals surface area contributed by atoms with Crippen molar-refractivity contribution in [2.75, 3.05) is 45.9 Å². The first-order valence-corrected chi connectivity index (χ1v) is 28.8. The monoisotopic (exact) mass is 1270 g/mol. The number of carboxylic acids is 2. The molecule has 0 bridgehead atoms. The SMILES string of the molecule is CC(C)C[C@H](NC(=O)[C@@H](NC(=O)[C@H](C)N)[C@@H](C)O)C(=O)N1CCC[C@H]1C(=O)N[C@@H](CCCNC(=N)N)C(=O)N[C@H](C(=O)N[C@@H](CCC(=O)O)C(=O)N[C@H](C(=O)NCC(=O)N[C@@H](CO)C(=O)NCC(=O)N[C@@H](CO)C(=O)N1CCC[C@H]1C(=O)O)[C@@H](C)O)[C@@H](C)O. The molecule has 0 saturated carbocycles. The summed E-state index contributed by atoms with van der Waals surface area (Å²) >= 11 is 0. The van der Waals surface area contributed by atoms with Crippen molar-refractivity contribution in [2.24, 2.45) is 17.4 Å². The van der Waals surface area contributed by atoms with E-state index in [0.29, 0.717) is 6.42 Å². The first-order chi connectivity index (χ1) is 41.6. The van der Waals surface area contributed by atoms with Gasteiger partial charge in [0.15, 0.2) is 5.96 Å². The molecule has 89 heavy (non-hydrogen) atoms. The average Bonchev–Trinajstić information content (AvgIpc) is 2.71. The van der Waals surface area contributed by atoms with Crippen LogP contribution in [0.4, 0.5) is 0 Å². The summed E-state index contributed by atoms with van der Waals surface area (Å²) in [5.74, 6) is -15.8. The van der Waals surface area contributed by atoms with E-state index in [0.717, 1.165) is 18.7 Å². The number of carbonyl (C=O) groups excluding carboxylic acids is 12. The van der Waals surface area contributed by atoms with E-state index in [9.17, 15) is 103 Å². The summed E-state index contributed by atoms with van der Waals surface area (Å²) in [7, 11) is 0. The summed E-state index contributed by atoms with van der Waals surface area (Å²) in [6.07, 6.45) is -5.77. The highest BCUT2D eigenvalue weighted by atomic mass is 16.4. The van der Waals surface area contributed by atoms with Gasteiger partial charge < -0.3 is 115 Å². The third kappa shape index (κ3) is 25.3. The molecule has 502 valence electrons. The average molecular weight is 1270 g/mol. The van der Waals surface area contributed by atoms with E-state index in [1.54, 1.807) is 13.8 Å². The van der Waals surface area contributed by atoms with Crippen molar-refractivity contribution < 1.29 is 103 Å². The van der Waals surface area contributed by atoms with Gasteiger partial charge in [0.1, 0.15) is 60.4 Å². The van der Waals surface area contributed by atoms with Gasteiger partial charge in [0.05, 0.1) is 50.7 Å². The quantitative estimate of drug-likeness (QED) is 0.0156. The van der Waals surface area contributed by atoms with Gasteiger partial charge in [-0.05, 0) is 85.0 Å². The number of carboxylic acid groups (broad SMARTS) is 2. The van der Waals surface area contributed by atoms with Gasteiger partial charge in [-0.2, -0.15) is 0 Å². The fourth-order valence-corrected chi connectivity index (χ4v) is 9.26. The minimum atomic E-state index is -1.97. The lowest BCUT2D eigenvalue weighted by atomic mass is 10.0. The lowest BCUT2D eigenvalue weighted by Gasteiger charge is -2.32. The number of likely N-dealkylation sites (tertiary alicyclic amines) is 2. The Labute approximate surface area is 511 Å². The summed E-state index contributed by atoms with van der Waals surface area (Å²) in [5, 5.41) is 103. The van der Waals surface area contributed by atoms with Gasteiger partial charge in [-0.1, -0.05) is 13.8 Å². The fraction of sp³-hybridized carbons (Fsp3) is 0.712. The summed E-state index contributed by atoms with van der Waals surface area (Å²) in [6.45, 7) is 4.42. The number of amides is 12. The Morgan fingerprint density at radius 2 is 0.955 bits per heavy atom.